The zero-order valence-corrected chi connectivity index (χ0v) is 18.2. The van der Waals surface area contributed by atoms with Crippen molar-refractivity contribution in [3.8, 4) is 0 Å². The molecule has 1 atom stereocenters. The molecule has 4 rings (SSSR count). The van der Waals surface area contributed by atoms with Crippen LogP contribution < -0.4 is 5.32 Å². The summed E-state index contributed by atoms with van der Waals surface area (Å²) in [6.45, 7) is 7.38. The molecule has 2 saturated heterocycles. The van der Waals surface area contributed by atoms with E-state index in [4.69, 9.17) is 4.74 Å². The number of likely N-dealkylation sites (tertiary alicyclic amines) is 1. The third-order valence-electron chi connectivity index (χ3n) is 6.06. The van der Waals surface area contributed by atoms with Crippen LogP contribution in [-0.4, -0.2) is 61.0 Å². The predicted molar refractivity (Wildman–Crippen MR) is 120 cm³/mol. The Bertz CT molecular complexity index is 906. The zero-order valence-electron chi connectivity index (χ0n) is 18.2. The molecule has 0 spiro atoms. The summed E-state index contributed by atoms with van der Waals surface area (Å²) in [5.41, 5.74) is 3.92. The minimum atomic E-state index is -0.102. The van der Waals surface area contributed by atoms with Crippen molar-refractivity contribution in [1.29, 1.82) is 0 Å². The maximum Gasteiger partial charge on any atom is 0.251 e. The summed E-state index contributed by atoms with van der Waals surface area (Å²) < 4.78 is 5.47. The number of carbonyl (C=O) groups excluding carboxylic acids is 2. The van der Waals surface area contributed by atoms with Gasteiger partial charge in [-0.25, -0.2) is 0 Å². The summed E-state index contributed by atoms with van der Waals surface area (Å²) in [5, 5.41) is 3.24. The Labute approximate surface area is 184 Å². The van der Waals surface area contributed by atoms with E-state index in [1.807, 2.05) is 29.2 Å². The number of hydrogen-bond donors (Lipinski definition) is 1. The highest BCUT2D eigenvalue weighted by molar-refractivity contribution is 5.94. The van der Waals surface area contributed by atoms with Gasteiger partial charge in [0.2, 0.25) is 5.91 Å². The summed E-state index contributed by atoms with van der Waals surface area (Å²) in [6, 6.07) is 15.9. The van der Waals surface area contributed by atoms with Crippen molar-refractivity contribution < 1.29 is 14.3 Å². The molecule has 0 bridgehead atoms. The number of ether oxygens (including phenoxy) is 1. The Morgan fingerprint density at radius 1 is 1.10 bits per heavy atom. The van der Waals surface area contributed by atoms with Crippen LogP contribution in [0.1, 0.15) is 45.9 Å². The monoisotopic (exact) mass is 421 g/mol. The second kappa shape index (κ2) is 10.1. The zero-order chi connectivity index (χ0) is 21.6. The maximum absolute atomic E-state index is 13.2. The van der Waals surface area contributed by atoms with Gasteiger partial charge >= 0.3 is 0 Å². The number of rotatable bonds is 7. The van der Waals surface area contributed by atoms with Gasteiger partial charge in [0, 0.05) is 44.7 Å². The molecule has 0 aromatic heterocycles. The Hall–Kier alpha value is -2.70. The summed E-state index contributed by atoms with van der Waals surface area (Å²) in [4.78, 5) is 29.3. The molecule has 6 nitrogen and oxygen atoms in total. The standard InChI is InChI=1S/C25H31N3O3/c1-19-7-9-21(10-8-19)23(18-27-12-14-31-15-13-27)26-25(30)22-5-2-4-20(16-22)17-28-11-3-6-24(28)29/h2,4-5,7-10,16,23H,3,6,11-15,17-18H2,1H3,(H,26,30)/t23-/m0/s1. The molecule has 2 heterocycles. The fraction of sp³-hybridized carbons (Fsp3) is 0.440. The van der Waals surface area contributed by atoms with E-state index >= 15 is 0 Å². The predicted octanol–water partition coefficient (Wildman–Crippen LogP) is 2.92. The molecular weight excluding hydrogens is 390 g/mol. The van der Waals surface area contributed by atoms with Crippen LogP contribution >= 0.6 is 0 Å². The van der Waals surface area contributed by atoms with E-state index in [0.29, 0.717) is 18.5 Å². The van der Waals surface area contributed by atoms with Gasteiger partial charge in [-0.15, -0.1) is 0 Å². The average Bonchev–Trinajstić information content (AvgIpc) is 3.19. The number of morpholine rings is 1. The number of carbonyl (C=O) groups is 2. The smallest absolute Gasteiger partial charge is 0.251 e. The molecular formula is C25H31N3O3. The Morgan fingerprint density at radius 3 is 2.58 bits per heavy atom. The molecule has 2 aliphatic rings. The fourth-order valence-electron chi connectivity index (χ4n) is 4.22. The lowest BCUT2D eigenvalue weighted by Gasteiger charge is -2.31. The van der Waals surface area contributed by atoms with Gasteiger partial charge in [0.25, 0.3) is 5.91 Å². The van der Waals surface area contributed by atoms with Crippen molar-refractivity contribution in [3.63, 3.8) is 0 Å². The molecule has 31 heavy (non-hydrogen) atoms. The summed E-state index contributed by atoms with van der Waals surface area (Å²) in [5.74, 6) is 0.105. The van der Waals surface area contributed by atoms with E-state index in [-0.39, 0.29) is 17.9 Å². The third kappa shape index (κ3) is 5.71. The minimum Gasteiger partial charge on any atom is -0.379 e. The molecule has 2 aromatic carbocycles. The van der Waals surface area contributed by atoms with Gasteiger partial charge in [-0.05, 0) is 36.6 Å². The molecule has 0 saturated carbocycles. The summed E-state index contributed by atoms with van der Waals surface area (Å²) in [6.07, 6.45) is 1.54. The number of amides is 2. The van der Waals surface area contributed by atoms with E-state index in [2.05, 4.69) is 41.4 Å². The quantitative estimate of drug-likeness (QED) is 0.747. The first kappa shape index (κ1) is 21.5. The first-order chi connectivity index (χ1) is 15.1. The topological polar surface area (TPSA) is 61.9 Å². The van der Waals surface area contributed by atoms with Crippen molar-refractivity contribution >= 4 is 11.8 Å². The van der Waals surface area contributed by atoms with Crippen LogP contribution in [0.15, 0.2) is 48.5 Å². The normalized spacial score (nSPS) is 18.2. The largest absolute Gasteiger partial charge is 0.379 e. The number of hydrogen-bond acceptors (Lipinski definition) is 4. The van der Waals surface area contributed by atoms with Crippen LogP contribution in [0, 0.1) is 6.92 Å². The van der Waals surface area contributed by atoms with Crippen LogP contribution in [-0.2, 0) is 16.1 Å². The highest BCUT2D eigenvalue weighted by Gasteiger charge is 2.22. The van der Waals surface area contributed by atoms with Crippen LogP contribution in [0.3, 0.4) is 0 Å². The van der Waals surface area contributed by atoms with E-state index in [9.17, 15) is 9.59 Å². The minimum absolute atomic E-state index is 0.0894. The Balaban J connectivity index is 1.47. The first-order valence-corrected chi connectivity index (χ1v) is 11.1. The van der Waals surface area contributed by atoms with Crippen LogP contribution in [0.25, 0.3) is 0 Å². The molecule has 6 heteroatoms. The molecule has 2 aliphatic heterocycles. The molecule has 0 aliphatic carbocycles. The molecule has 0 radical (unpaired) electrons. The molecule has 2 fully saturated rings. The number of nitrogens with zero attached hydrogens (tertiary/aromatic N) is 2. The van der Waals surface area contributed by atoms with Crippen LogP contribution in [0.4, 0.5) is 0 Å². The fourth-order valence-corrected chi connectivity index (χ4v) is 4.22. The van der Waals surface area contributed by atoms with Crippen molar-refractivity contribution in [2.24, 2.45) is 0 Å². The van der Waals surface area contributed by atoms with Gasteiger partial charge in [0.1, 0.15) is 0 Å². The lowest BCUT2D eigenvalue weighted by atomic mass is 10.0. The van der Waals surface area contributed by atoms with E-state index in [0.717, 1.165) is 56.9 Å². The van der Waals surface area contributed by atoms with E-state index < -0.39 is 0 Å². The average molecular weight is 422 g/mol. The van der Waals surface area contributed by atoms with Gasteiger partial charge in [0.15, 0.2) is 0 Å². The van der Waals surface area contributed by atoms with E-state index in [1.165, 1.54) is 5.56 Å². The lowest BCUT2D eigenvalue weighted by Crippen LogP contribution is -2.43. The second-order valence-corrected chi connectivity index (χ2v) is 8.47. The molecule has 2 amide bonds. The molecule has 0 unspecified atom stereocenters. The van der Waals surface area contributed by atoms with Crippen molar-refractivity contribution in [3.05, 3.63) is 70.8 Å². The van der Waals surface area contributed by atoms with Crippen LogP contribution in [0.2, 0.25) is 0 Å². The Morgan fingerprint density at radius 2 is 1.87 bits per heavy atom. The SMILES string of the molecule is Cc1ccc([C@H](CN2CCOCC2)NC(=O)c2cccc(CN3CCCC3=O)c2)cc1. The Kier molecular flexibility index (Phi) is 6.99. The summed E-state index contributed by atoms with van der Waals surface area (Å²) >= 11 is 0. The van der Waals surface area contributed by atoms with Crippen molar-refractivity contribution in [2.75, 3.05) is 39.4 Å². The molecule has 2 aromatic rings. The van der Waals surface area contributed by atoms with Gasteiger partial charge in [-0.1, -0.05) is 42.0 Å². The van der Waals surface area contributed by atoms with Crippen molar-refractivity contribution in [1.82, 2.24) is 15.1 Å². The van der Waals surface area contributed by atoms with Gasteiger partial charge in [-0.3, -0.25) is 14.5 Å². The maximum atomic E-state index is 13.2. The first-order valence-electron chi connectivity index (χ1n) is 11.1. The molecule has 1 N–H and O–H groups in total. The summed E-state index contributed by atoms with van der Waals surface area (Å²) in [7, 11) is 0. The number of aryl methyl sites for hydroxylation is 1. The number of benzene rings is 2. The van der Waals surface area contributed by atoms with Crippen molar-refractivity contribution in [2.45, 2.75) is 32.4 Å². The van der Waals surface area contributed by atoms with E-state index in [1.54, 1.807) is 0 Å². The van der Waals surface area contributed by atoms with Gasteiger partial charge in [-0.2, -0.15) is 0 Å². The van der Waals surface area contributed by atoms with Crippen LogP contribution in [0.5, 0.6) is 0 Å². The third-order valence-corrected chi connectivity index (χ3v) is 6.06. The van der Waals surface area contributed by atoms with Gasteiger partial charge in [0.05, 0.1) is 19.3 Å². The highest BCUT2D eigenvalue weighted by atomic mass is 16.5. The highest BCUT2D eigenvalue weighted by Crippen LogP contribution is 2.19. The number of nitrogens with one attached hydrogen (secondary N) is 1. The lowest BCUT2D eigenvalue weighted by molar-refractivity contribution is -0.128. The van der Waals surface area contributed by atoms with Gasteiger partial charge < -0.3 is 15.0 Å². The second-order valence-electron chi connectivity index (χ2n) is 8.47. The molecule has 164 valence electrons.